The summed E-state index contributed by atoms with van der Waals surface area (Å²) in [4.78, 5) is 24.7. The number of nitrogens with two attached hydrogens (primary N) is 1. The molecule has 0 atom stereocenters. The standard InChI is InChI=1S/C30H32N4O2/c1-30(2,29(31)36)18-21-33(3)20-16-26(17-22-35)25-11-7-23(8-12-25)5-6-24-9-13-27(14-10-24)28-15-19-32-34(28)4/h7-17,19-20,22H,18,21H2,1-4H3,(H2,31,36)/b20-16-,26-17+. The van der Waals surface area contributed by atoms with Gasteiger partial charge in [-0.25, -0.2) is 0 Å². The molecule has 0 saturated heterocycles. The highest BCUT2D eigenvalue weighted by Gasteiger charge is 2.24. The maximum atomic E-state index is 11.5. The quantitative estimate of drug-likeness (QED) is 0.213. The highest BCUT2D eigenvalue weighted by Crippen LogP contribution is 2.21. The number of hydrogen-bond acceptors (Lipinski definition) is 4. The first-order valence-corrected chi connectivity index (χ1v) is 11.7. The third-order valence-corrected chi connectivity index (χ3v) is 6.08. The fourth-order valence-electron chi connectivity index (χ4n) is 3.45. The molecule has 36 heavy (non-hydrogen) atoms. The number of benzene rings is 2. The molecule has 184 valence electrons. The van der Waals surface area contributed by atoms with Crippen LogP contribution in [0.1, 0.15) is 37.0 Å². The molecule has 0 radical (unpaired) electrons. The van der Waals surface area contributed by atoms with Crippen LogP contribution in [0.2, 0.25) is 0 Å². The fraction of sp³-hybridized carbons (Fsp3) is 0.233. The lowest BCUT2D eigenvalue weighted by Gasteiger charge is -2.23. The summed E-state index contributed by atoms with van der Waals surface area (Å²) in [6.07, 6.45) is 8.51. The highest BCUT2D eigenvalue weighted by molar-refractivity contribution is 5.86. The molecule has 1 aromatic heterocycles. The van der Waals surface area contributed by atoms with Gasteiger partial charge in [0.05, 0.1) is 5.69 Å². The molecule has 0 aliphatic heterocycles. The van der Waals surface area contributed by atoms with Crippen molar-refractivity contribution in [3.63, 3.8) is 0 Å². The van der Waals surface area contributed by atoms with E-state index in [-0.39, 0.29) is 5.91 Å². The van der Waals surface area contributed by atoms with Crippen molar-refractivity contribution >= 4 is 17.8 Å². The van der Waals surface area contributed by atoms with Crippen molar-refractivity contribution in [1.29, 1.82) is 0 Å². The molecule has 0 bridgehead atoms. The van der Waals surface area contributed by atoms with Crippen LogP contribution in [0.15, 0.2) is 79.1 Å². The van der Waals surface area contributed by atoms with Gasteiger partial charge in [0.2, 0.25) is 5.91 Å². The maximum Gasteiger partial charge on any atom is 0.223 e. The zero-order valence-corrected chi connectivity index (χ0v) is 21.2. The molecule has 2 N–H and O–H groups in total. The lowest BCUT2D eigenvalue weighted by Crippen LogP contribution is -2.34. The van der Waals surface area contributed by atoms with Gasteiger partial charge in [0.15, 0.2) is 0 Å². The molecule has 0 saturated carbocycles. The van der Waals surface area contributed by atoms with E-state index in [1.54, 1.807) is 6.20 Å². The Bertz CT molecular complexity index is 1320. The van der Waals surface area contributed by atoms with E-state index in [0.717, 1.165) is 39.8 Å². The minimum absolute atomic E-state index is 0.314. The smallest absolute Gasteiger partial charge is 0.223 e. The first-order valence-electron chi connectivity index (χ1n) is 11.7. The average Bonchev–Trinajstić information content (AvgIpc) is 3.30. The topological polar surface area (TPSA) is 81.2 Å². The number of carbonyl (C=O) groups excluding carboxylic acids is 2. The lowest BCUT2D eigenvalue weighted by atomic mass is 9.88. The molecule has 1 amide bonds. The number of aromatic nitrogens is 2. The number of nitrogens with zero attached hydrogens (tertiary/aromatic N) is 3. The van der Waals surface area contributed by atoms with Crippen molar-refractivity contribution < 1.29 is 9.59 Å². The van der Waals surface area contributed by atoms with E-state index in [1.807, 2.05) is 104 Å². The Kier molecular flexibility index (Phi) is 8.64. The number of hydrogen-bond donors (Lipinski definition) is 1. The number of allylic oxidation sites excluding steroid dienone is 3. The number of aldehydes is 1. The average molecular weight is 481 g/mol. The van der Waals surface area contributed by atoms with Gasteiger partial charge in [-0.1, -0.05) is 50.0 Å². The second-order valence-electron chi connectivity index (χ2n) is 9.30. The summed E-state index contributed by atoms with van der Waals surface area (Å²) in [6.45, 7) is 4.34. The van der Waals surface area contributed by atoms with E-state index >= 15 is 0 Å². The lowest BCUT2D eigenvalue weighted by molar-refractivity contribution is -0.126. The molecule has 2 aromatic carbocycles. The van der Waals surface area contributed by atoms with Crippen LogP contribution < -0.4 is 5.73 Å². The van der Waals surface area contributed by atoms with Gasteiger partial charge in [0.1, 0.15) is 6.29 Å². The Balaban J connectivity index is 1.66. The Morgan fingerprint density at radius 2 is 1.67 bits per heavy atom. The number of carbonyl (C=O) groups is 2. The molecule has 3 aromatic rings. The Morgan fingerprint density at radius 1 is 1.06 bits per heavy atom. The van der Waals surface area contributed by atoms with Gasteiger partial charge in [-0.3, -0.25) is 14.3 Å². The summed E-state index contributed by atoms with van der Waals surface area (Å²) in [5.41, 5.74) is 10.5. The van der Waals surface area contributed by atoms with Crippen molar-refractivity contribution in [3.8, 4) is 23.1 Å². The third kappa shape index (κ3) is 7.07. The summed E-state index contributed by atoms with van der Waals surface area (Å²) in [6, 6.07) is 17.8. The molecule has 0 fully saturated rings. The van der Waals surface area contributed by atoms with Crippen LogP contribution in [0.5, 0.6) is 0 Å². The predicted octanol–water partition coefficient (Wildman–Crippen LogP) is 4.42. The minimum atomic E-state index is -0.568. The molecule has 0 aliphatic rings. The van der Waals surface area contributed by atoms with Gasteiger partial charge in [0.25, 0.3) is 0 Å². The van der Waals surface area contributed by atoms with Gasteiger partial charge in [-0.05, 0) is 71.8 Å². The van der Waals surface area contributed by atoms with Crippen LogP contribution in [0.25, 0.3) is 16.8 Å². The summed E-state index contributed by atoms with van der Waals surface area (Å²) in [5.74, 6) is 6.08. The van der Waals surface area contributed by atoms with Crippen molar-refractivity contribution in [1.82, 2.24) is 14.7 Å². The van der Waals surface area contributed by atoms with E-state index in [9.17, 15) is 9.59 Å². The van der Waals surface area contributed by atoms with E-state index < -0.39 is 5.41 Å². The highest BCUT2D eigenvalue weighted by atomic mass is 16.1. The predicted molar refractivity (Wildman–Crippen MR) is 144 cm³/mol. The van der Waals surface area contributed by atoms with Crippen molar-refractivity contribution in [2.24, 2.45) is 18.2 Å². The normalized spacial score (nSPS) is 11.7. The Labute approximate surface area is 213 Å². The summed E-state index contributed by atoms with van der Waals surface area (Å²) < 4.78 is 1.84. The van der Waals surface area contributed by atoms with Crippen LogP contribution in [-0.4, -0.2) is 40.5 Å². The monoisotopic (exact) mass is 480 g/mol. The SMILES string of the molecule is CN(/C=C\C(=C/C=O)c1ccc(C#Cc2ccc(-c3ccnn3C)cc2)cc1)CCC(C)(C)C(N)=O. The van der Waals surface area contributed by atoms with E-state index in [1.165, 1.54) is 6.08 Å². The van der Waals surface area contributed by atoms with Gasteiger partial charge in [-0.15, -0.1) is 0 Å². The molecule has 1 heterocycles. The van der Waals surface area contributed by atoms with Gasteiger partial charge >= 0.3 is 0 Å². The molecule has 0 spiro atoms. The Morgan fingerprint density at radius 3 is 2.19 bits per heavy atom. The second-order valence-corrected chi connectivity index (χ2v) is 9.30. The number of primary amides is 1. The molecular formula is C30H32N4O2. The zero-order valence-electron chi connectivity index (χ0n) is 21.2. The molecule has 6 heteroatoms. The van der Waals surface area contributed by atoms with Crippen LogP contribution in [0.4, 0.5) is 0 Å². The fourth-order valence-corrected chi connectivity index (χ4v) is 3.45. The van der Waals surface area contributed by atoms with Gasteiger partial charge in [-0.2, -0.15) is 5.10 Å². The van der Waals surface area contributed by atoms with Crippen molar-refractivity contribution in [2.75, 3.05) is 13.6 Å². The van der Waals surface area contributed by atoms with Gasteiger partial charge in [0, 0.05) is 43.4 Å². The van der Waals surface area contributed by atoms with Crippen molar-refractivity contribution in [2.45, 2.75) is 20.3 Å². The summed E-state index contributed by atoms with van der Waals surface area (Å²) in [5, 5.41) is 4.21. The van der Waals surface area contributed by atoms with Crippen LogP contribution >= 0.6 is 0 Å². The molecule has 0 unspecified atom stereocenters. The summed E-state index contributed by atoms with van der Waals surface area (Å²) in [7, 11) is 3.85. The van der Waals surface area contributed by atoms with Crippen molar-refractivity contribution in [3.05, 3.63) is 95.8 Å². The Hall–Kier alpha value is -4.37. The number of rotatable bonds is 9. The van der Waals surface area contributed by atoms with Gasteiger partial charge < -0.3 is 10.6 Å². The zero-order chi connectivity index (χ0) is 26.1. The largest absolute Gasteiger partial charge is 0.380 e. The van der Waals surface area contributed by atoms with Crippen LogP contribution in [0.3, 0.4) is 0 Å². The molecular weight excluding hydrogens is 448 g/mol. The molecule has 0 aliphatic carbocycles. The molecule has 3 rings (SSSR count). The second kappa shape index (κ2) is 11.9. The van der Waals surface area contributed by atoms with E-state index in [0.29, 0.717) is 13.0 Å². The third-order valence-electron chi connectivity index (χ3n) is 6.08. The maximum absolute atomic E-state index is 11.5. The van der Waals surface area contributed by atoms with E-state index in [4.69, 9.17) is 5.73 Å². The van der Waals surface area contributed by atoms with Crippen LogP contribution in [-0.2, 0) is 16.6 Å². The first-order chi connectivity index (χ1) is 17.2. The minimum Gasteiger partial charge on any atom is -0.380 e. The first kappa shape index (κ1) is 26.2. The van der Waals surface area contributed by atoms with E-state index in [2.05, 4.69) is 16.9 Å². The number of amides is 1. The number of aryl methyl sites for hydroxylation is 1. The summed E-state index contributed by atoms with van der Waals surface area (Å²) >= 11 is 0. The van der Waals surface area contributed by atoms with Crippen LogP contribution in [0, 0.1) is 17.3 Å². The molecule has 6 nitrogen and oxygen atoms in total.